The first-order valence-corrected chi connectivity index (χ1v) is 6.21. The van der Waals surface area contributed by atoms with E-state index >= 15 is 0 Å². The molecule has 0 spiro atoms. The predicted molar refractivity (Wildman–Crippen MR) is 75.6 cm³/mol. The third-order valence-corrected chi connectivity index (χ3v) is 2.65. The number of nitrogens with one attached hydrogen (secondary N) is 1. The summed E-state index contributed by atoms with van der Waals surface area (Å²) >= 11 is 0. The molecule has 0 saturated carbocycles. The lowest BCUT2D eigenvalue weighted by Crippen LogP contribution is -2.20. The highest BCUT2D eigenvalue weighted by Gasteiger charge is 2.17. The molecular formula is C13H20FN3O3. The van der Waals surface area contributed by atoms with Crippen LogP contribution in [0.1, 0.15) is 10.4 Å². The molecule has 0 saturated heterocycles. The van der Waals surface area contributed by atoms with Crippen LogP contribution >= 0.6 is 0 Å². The Hall–Kier alpha value is -1.86. The van der Waals surface area contributed by atoms with Gasteiger partial charge in [-0.15, -0.1) is 0 Å². The average Bonchev–Trinajstić information content (AvgIpc) is 2.36. The molecule has 0 unspecified atom stereocenters. The molecule has 0 atom stereocenters. The Morgan fingerprint density at radius 1 is 1.45 bits per heavy atom. The van der Waals surface area contributed by atoms with Gasteiger partial charge in [0.05, 0.1) is 24.6 Å². The summed E-state index contributed by atoms with van der Waals surface area (Å²) in [7, 11) is 3.89. The minimum absolute atomic E-state index is 0.252. The highest BCUT2D eigenvalue weighted by molar-refractivity contribution is 6.00. The third-order valence-electron chi connectivity index (χ3n) is 2.65. The normalized spacial score (nSPS) is 10.8. The number of nitrogens with zero attached hydrogens (tertiary/aromatic N) is 1. The van der Waals surface area contributed by atoms with Gasteiger partial charge in [0.25, 0.3) is 0 Å². The topological polar surface area (TPSA) is 87.8 Å². The van der Waals surface area contributed by atoms with E-state index in [1.807, 2.05) is 19.0 Å². The van der Waals surface area contributed by atoms with Crippen molar-refractivity contribution in [3.8, 4) is 0 Å². The van der Waals surface area contributed by atoms with Crippen LogP contribution < -0.4 is 11.1 Å². The van der Waals surface area contributed by atoms with Crippen LogP contribution in [-0.4, -0.2) is 56.4 Å². The Labute approximate surface area is 117 Å². The molecular weight excluding hydrogens is 265 g/mol. The molecule has 6 nitrogen and oxygen atoms in total. The Balaban J connectivity index is 2.52. The lowest BCUT2D eigenvalue weighted by atomic mass is 10.1. The van der Waals surface area contributed by atoms with Crippen LogP contribution in [0.3, 0.4) is 0 Å². The minimum Gasteiger partial charge on any atom is -0.478 e. The molecule has 7 heteroatoms. The highest BCUT2D eigenvalue weighted by atomic mass is 19.1. The van der Waals surface area contributed by atoms with E-state index in [1.54, 1.807) is 0 Å². The fourth-order valence-electron chi connectivity index (χ4n) is 1.58. The Kier molecular flexibility index (Phi) is 6.20. The first kappa shape index (κ1) is 16.2. The summed E-state index contributed by atoms with van der Waals surface area (Å²) in [5, 5.41) is 11.9. The van der Waals surface area contributed by atoms with Gasteiger partial charge in [0.2, 0.25) is 0 Å². The van der Waals surface area contributed by atoms with Gasteiger partial charge in [0.15, 0.2) is 0 Å². The number of ether oxygens (including phenoxy) is 1. The molecule has 0 heterocycles. The van der Waals surface area contributed by atoms with Crippen molar-refractivity contribution >= 4 is 17.3 Å². The molecule has 112 valence electrons. The number of hydrogen-bond donors (Lipinski definition) is 3. The zero-order valence-corrected chi connectivity index (χ0v) is 11.6. The van der Waals surface area contributed by atoms with Crippen LogP contribution in [0.4, 0.5) is 15.8 Å². The number of carboxylic acid groups (broad SMARTS) is 1. The van der Waals surface area contributed by atoms with Crippen LogP contribution in [0.5, 0.6) is 0 Å². The summed E-state index contributed by atoms with van der Waals surface area (Å²) < 4.78 is 18.6. The number of nitrogens with two attached hydrogens (primary N) is 1. The van der Waals surface area contributed by atoms with E-state index in [-0.39, 0.29) is 16.9 Å². The van der Waals surface area contributed by atoms with Crippen molar-refractivity contribution in [1.82, 2.24) is 4.90 Å². The SMILES string of the molecule is CN(C)CCOCCNc1ccc(F)c(N)c1C(=O)O. The van der Waals surface area contributed by atoms with E-state index in [4.69, 9.17) is 15.6 Å². The van der Waals surface area contributed by atoms with E-state index in [0.29, 0.717) is 19.8 Å². The lowest BCUT2D eigenvalue weighted by Gasteiger charge is -2.13. The quantitative estimate of drug-likeness (QED) is 0.489. The lowest BCUT2D eigenvalue weighted by molar-refractivity contribution is 0.0698. The Bertz CT molecular complexity index is 466. The Morgan fingerprint density at radius 2 is 2.15 bits per heavy atom. The molecule has 0 radical (unpaired) electrons. The van der Waals surface area contributed by atoms with Crippen LogP contribution in [0.15, 0.2) is 12.1 Å². The van der Waals surface area contributed by atoms with E-state index in [0.717, 1.165) is 12.6 Å². The van der Waals surface area contributed by atoms with E-state index in [1.165, 1.54) is 6.07 Å². The number of anilines is 2. The summed E-state index contributed by atoms with van der Waals surface area (Å²) in [6.45, 7) is 2.23. The first-order chi connectivity index (χ1) is 9.43. The third kappa shape index (κ3) is 4.67. The molecule has 0 amide bonds. The second-order valence-corrected chi connectivity index (χ2v) is 4.53. The number of halogens is 1. The molecule has 0 aromatic heterocycles. The number of benzene rings is 1. The van der Waals surface area contributed by atoms with Crippen molar-refractivity contribution in [3.63, 3.8) is 0 Å². The van der Waals surface area contributed by atoms with Crippen LogP contribution in [0.25, 0.3) is 0 Å². The second kappa shape index (κ2) is 7.66. The van der Waals surface area contributed by atoms with Gasteiger partial charge < -0.3 is 25.8 Å². The van der Waals surface area contributed by atoms with Crippen LogP contribution in [0, 0.1) is 5.82 Å². The van der Waals surface area contributed by atoms with Crippen molar-refractivity contribution in [2.45, 2.75) is 0 Å². The van der Waals surface area contributed by atoms with E-state index < -0.39 is 11.8 Å². The number of nitrogen functional groups attached to an aromatic ring is 1. The van der Waals surface area contributed by atoms with Gasteiger partial charge in [0, 0.05) is 13.1 Å². The van der Waals surface area contributed by atoms with E-state index in [2.05, 4.69) is 5.32 Å². The summed E-state index contributed by atoms with van der Waals surface area (Å²) in [4.78, 5) is 13.1. The predicted octanol–water partition coefficient (Wildman–Crippen LogP) is 1.10. The van der Waals surface area contributed by atoms with Crippen molar-refractivity contribution in [1.29, 1.82) is 0 Å². The maximum Gasteiger partial charge on any atom is 0.340 e. The molecule has 0 bridgehead atoms. The molecule has 0 aliphatic rings. The van der Waals surface area contributed by atoms with Crippen molar-refractivity contribution in [2.24, 2.45) is 0 Å². The number of aromatic carboxylic acids is 1. The Morgan fingerprint density at radius 3 is 2.75 bits per heavy atom. The fraction of sp³-hybridized carbons (Fsp3) is 0.462. The number of likely N-dealkylation sites (N-methyl/N-ethyl adjacent to an activating group) is 1. The molecule has 0 aliphatic heterocycles. The standard InChI is InChI=1S/C13H20FN3O3/c1-17(2)6-8-20-7-5-16-10-4-3-9(14)12(15)11(10)13(18)19/h3-4,16H,5-8,15H2,1-2H3,(H,18,19). The maximum absolute atomic E-state index is 13.2. The summed E-state index contributed by atoms with van der Waals surface area (Å²) in [6, 6.07) is 2.49. The first-order valence-electron chi connectivity index (χ1n) is 6.21. The summed E-state index contributed by atoms with van der Waals surface area (Å²) in [6.07, 6.45) is 0. The van der Waals surface area contributed by atoms with Crippen molar-refractivity contribution in [2.75, 3.05) is 51.4 Å². The molecule has 0 aliphatic carbocycles. The number of hydrogen-bond acceptors (Lipinski definition) is 5. The van der Waals surface area contributed by atoms with Gasteiger partial charge in [-0.3, -0.25) is 0 Å². The number of rotatable bonds is 8. The molecule has 1 aromatic carbocycles. The van der Waals surface area contributed by atoms with E-state index in [9.17, 15) is 9.18 Å². The van der Waals surface area contributed by atoms with Gasteiger partial charge in [-0.1, -0.05) is 0 Å². The largest absolute Gasteiger partial charge is 0.478 e. The number of carboxylic acids is 1. The molecule has 1 aromatic rings. The second-order valence-electron chi connectivity index (χ2n) is 4.53. The van der Waals surface area contributed by atoms with Crippen LogP contribution in [0.2, 0.25) is 0 Å². The summed E-state index contributed by atoms with van der Waals surface area (Å²) in [5.41, 5.74) is 5.11. The summed E-state index contributed by atoms with van der Waals surface area (Å²) in [5.74, 6) is -2.01. The number of carbonyl (C=O) groups is 1. The molecule has 4 N–H and O–H groups in total. The van der Waals surface area contributed by atoms with Crippen molar-refractivity contribution in [3.05, 3.63) is 23.5 Å². The van der Waals surface area contributed by atoms with Gasteiger partial charge in [0.1, 0.15) is 11.4 Å². The van der Waals surface area contributed by atoms with Gasteiger partial charge in [-0.2, -0.15) is 0 Å². The average molecular weight is 285 g/mol. The van der Waals surface area contributed by atoms with Crippen LogP contribution in [-0.2, 0) is 4.74 Å². The fourth-order valence-corrected chi connectivity index (χ4v) is 1.58. The molecule has 0 fully saturated rings. The van der Waals surface area contributed by atoms with Gasteiger partial charge in [-0.25, -0.2) is 9.18 Å². The van der Waals surface area contributed by atoms with Crippen molar-refractivity contribution < 1.29 is 19.0 Å². The zero-order chi connectivity index (χ0) is 15.1. The molecule has 20 heavy (non-hydrogen) atoms. The smallest absolute Gasteiger partial charge is 0.340 e. The maximum atomic E-state index is 13.2. The van der Waals surface area contributed by atoms with Gasteiger partial charge >= 0.3 is 5.97 Å². The molecule has 1 rings (SSSR count). The van der Waals surface area contributed by atoms with Gasteiger partial charge in [-0.05, 0) is 26.2 Å². The highest BCUT2D eigenvalue weighted by Crippen LogP contribution is 2.24. The monoisotopic (exact) mass is 285 g/mol. The minimum atomic E-state index is -1.27. The zero-order valence-electron chi connectivity index (χ0n) is 11.6.